The van der Waals surface area contributed by atoms with E-state index < -0.39 is 5.02 Å². The number of hydrogen-bond donors (Lipinski definition) is 1. The van der Waals surface area contributed by atoms with Crippen LogP contribution in [0.2, 0.25) is 0 Å². The second kappa shape index (κ2) is 1.83. The highest BCUT2D eigenvalue weighted by Crippen LogP contribution is 1.71. The van der Waals surface area contributed by atoms with Gasteiger partial charge in [-0.05, 0) is 5.02 Å². The summed E-state index contributed by atoms with van der Waals surface area (Å²) in [6, 6.07) is 0. The van der Waals surface area contributed by atoms with Crippen LogP contribution in [0.1, 0.15) is 0 Å². The molecule has 0 rings (SSSR count). The van der Waals surface area contributed by atoms with Crippen molar-refractivity contribution in [3.05, 3.63) is 10.4 Å². The summed E-state index contributed by atoms with van der Waals surface area (Å²) in [5, 5.41) is 17.0. The Morgan fingerprint density at radius 1 is 1.60 bits per heavy atom. The fraction of sp³-hybridized carbons (Fsp3) is 0. The Labute approximate surface area is 33.8 Å². The van der Waals surface area contributed by atoms with Crippen LogP contribution in [0, 0.1) is 10.4 Å². The summed E-state index contributed by atoms with van der Waals surface area (Å²) in [5.74, 6) is 0. The molecule has 5 heavy (non-hydrogen) atoms. The zero-order valence-corrected chi connectivity index (χ0v) is 3.05. The summed E-state index contributed by atoms with van der Waals surface area (Å²) in [4.78, 5) is 0. The van der Waals surface area contributed by atoms with Gasteiger partial charge in [0.05, 0.1) is 4.52 Å². The smallest absolute Gasteiger partial charge is 0.0531 e. The average Bonchev–Trinajstić information content (AvgIpc) is 1.38. The Kier molecular flexibility index (Phi) is 1.67. The van der Waals surface area contributed by atoms with E-state index in [2.05, 4.69) is 17.3 Å². The Hall–Kier alpha value is -0.450. The van der Waals surface area contributed by atoms with Gasteiger partial charge in [0.2, 0.25) is 0 Å². The molecule has 0 N–H and O–H groups in total. The molecule has 0 saturated carbocycles. The summed E-state index contributed by atoms with van der Waals surface area (Å²) in [7, 11) is 0. The Bertz CT molecular complexity index is 45.6. The molecule has 0 amide bonds. The van der Waals surface area contributed by atoms with Crippen LogP contribution in [0.15, 0.2) is 4.52 Å². The molecule has 0 aromatic heterocycles. The third-order valence-electron chi connectivity index (χ3n) is 0.0730. The van der Waals surface area contributed by atoms with Gasteiger partial charge in [0, 0.05) is 12.8 Å². The van der Waals surface area contributed by atoms with Crippen LogP contribution in [0.4, 0.5) is 0 Å². The van der Waals surface area contributed by atoms with Crippen molar-refractivity contribution in [2.45, 2.75) is 0 Å². The minimum absolute atomic E-state index is 0.886. The van der Waals surface area contributed by atoms with Crippen molar-refractivity contribution in [1.29, 1.82) is 0 Å². The van der Waals surface area contributed by atoms with Crippen LogP contribution in [0.25, 0.3) is 0 Å². The van der Waals surface area contributed by atoms with Crippen molar-refractivity contribution >= 4 is 12.8 Å². The SMILES string of the molecule is [O-][N+]([O-])=NS. The van der Waals surface area contributed by atoms with Crippen LogP contribution < -0.4 is 0 Å². The molecule has 0 fully saturated rings. The molecule has 4 nitrogen and oxygen atoms in total. The minimum atomic E-state index is -0.886. The molecule has 0 aliphatic carbocycles. The summed E-state index contributed by atoms with van der Waals surface area (Å²) in [6.45, 7) is 0. The van der Waals surface area contributed by atoms with E-state index in [1.54, 1.807) is 0 Å². The summed E-state index contributed by atoms with van der Waals surface area (Å²) < 4.78 is 2.31. The predicted octanol–water partition coefficient (Wildman–Crippen LogP) is 0.291. The van der Waals surface area contributed by atoms with Gasteiger partial charge in [0.15, 0.2) is 0 Å². The van der Waals surface area contributed by atoms with E-state index in [9.17, 15) is 0 Å². The number of thiol groups is 1. The molecule has 0 aromatic carbocycles. The highest BCUT2D eigenvalue weighted by molar-refractivity contribution is 7.78. The first kappa shape index (κ1) is 4.55. The fourth-order valence-electron chi connectivity index (χ4n) is 0. The van der Waals surface area contributed by atoms with E-state index in [0.717, 1.165) is 0 Å². The Morgan fingerprint density at radius 3 is 1.80 bits per heavy atom. The second-order valence-corrected chi connectivity index (χ2v) is 0.506. The lowest BCUT2D eigenvalue weighted by Gasteiger charge is -1.91. The van der Waals surface area contributed by atoms with Crippen LogP contribution in [-0.2, 0) is 0 Å². The van der Waals surface area contributed by atoms with Gasteiger partial charge in [-0.2, -0.15) is 0 Å². The molecule has 30 valence electrons. The van der Waals surface area contributed by atoms with Crippen LogP contribution in [0.3, 0.4) is 0 Å². The molecule has 0 spiro atoms. The largest absolute Gasteiger partial charge is 0.587 e. The van der Waals surface area contributed by atoms with E-state index in [-0.39, 0.29) is 0 Å². The Morgan fingerprint density at radius 2 is 1.80 bits per heavy atom. The van der Waals surface area contributed by atoms with Crippen molar-refractivity contribution < 1.29 is 5.02 Å². The van der Waals surface area contributed by atoms with Crippen molar-refractivity contribution in [2.75, 3.05) is 0 Å². The molecule has 0 atom stereocenters. The van der Waals surface area contributed by atoms with E-state index in [1.165, 1.54) is 0 Å². The maximum absolute atomic E-state index is 8.93. The fourth-order valence-corrected chi connectivity index (χ4v) is 0. The number of rotatable bonds is 0. The van der Waals surface area contributed by atoms with Crippen molar-refractivity contribution in [1.82, 2.24) is 0 Å². The quantitative estimate of drug-likeness (QED) is 0.266. The summed E-state index contributed by atoms with van der Waals surface area (Å²) >= 11 is 2.94. The first-order chi connectivity index (χ1) is 2.27. The average molecular weight is 93.1 g/mol. The monoisotopic (exact) mass is 93.0 g/mol. The molecule has 0 saturated heterocycles. The maximum atomic E-state index is 8.93. The summed E-state index contributed by atoms with van der Waals surface area (Å²) in [6.07, 6.45) is 0. The number of hydrogen-bond acceptors (Lipinski definition) is 3. The van der Waals surface area contributed by atoms with Gasteiger partial charge in [0.1, 0.15) is 0 Å². The lowest BCUT2D eigenvalue weighted by atomic mass is 12.9. The molecule has 0 aliphatic heterocycles. The topological polar surface area (TPSA) is 61.5 Å². The highest BCUT2D eigenvalue weighted by Gasteiger charge is 1.53. The number of nitrogens with zero attached hydrogens (tertiary/aromatic N) is 2. The molecule has 0 radical (unpaired) electrons. The maximum Gasteiger partial charge on any atom is 0.0531 e. The molecule has 0 heterocycles. The lowest BCUT2D eigenvalue weighted by Crippen LogP contribution is -1.77. The van der Waals surface area contributed by atoms with Crippen molar-refractivity contribution in [3.63, 3.8) is 0 Å². The van der Waals surface area contributed by atoms with Gasteiger partial charge in [0.25, 0.3) is 0 Å². The van der Waals surface area contributed by atoms with Crippen LogP contribution in [-0.4, -0.2) is 5.02 Å². The first-order valence-electron chi connectivity index (χ1n) is 0.765. The van der Waals surface area contributed by atoms with E-state index in [1.807, 2.05) is 0 Å². The molecule has 0 aromatic rings. The van der Waals surface area contributed by atoms with E-state index >= 15 is 0 Å². The third kappa shape index (κ3) is 3.55. The van der Waals surface area contributed by atoms with Crippen LogP contribution >= 0.6 is 12.8 Å². The first-order valence-corrected chi connectivity index (χ1v) is 1.17. The van der Waals surface area contributed by atoms with Gasteiger partial charge in [-0.25, -0.2) is 0 Å². The molecule has 0 bridgehead atoms. The van der Waals surface area contributed by atoms with E-state index in [0.29, 0.717) is 0 Å². The van der Waals surface area contributed by atoms with Gasteiger partial charge >= 0.3 is 0 Å². The summed E-state index contributed by atoms with van der Waals surface area (Å²) in [5.41, 5.74) is 0. The molecular weight excluding hydrogens is 92.1 g/mol. The normalized spacial score (nSPS) is 6.60. The van der Waals surface area contributed by atoms with Gasteiger partial charge in [-0.3, -0.25) is 0 Å². The highest BCUT2D eigenvalue weighted by atomic mass is 32.1. The van der Waals surface area contributed by atoms with Gasteiger partial charge in [-0.1, -0.05) is 0 Å². The molecule has 0 unspecified atom stereocenters. The standard InChI is InChI=1S/HN2O2S/c3-2(4)1-5/h(H-,1,3,4,5)/q-1. The molecular formula is HN2O2S-. The minimum Gasteiger partial charge on any atom is -0.587 e. The van der Waals surface area contributed by atoms with Gasteiger partial charge in [-0.15, -0.1) is 0 Å². The van der Waals surface area contributed by atoms with Crippen LogP contribution in [0.5, 0.6) is 0 Å². The van der Waals surface area contributed by atoms with Gasteiger partial charge < -0.3 is 10.4 Å². The lowest BCUT2D eigenvalue weighted by molar-refractivity contribution is -0.446. The van der Waals surface area contributed by atoms with Crippen molar-refractivity contribution in [3.8, 4) is 0 Å². The predicted molar refractivity (Wildman–Crippen MR) is 18.4 cm³/mol. The molecule has 5 heteroatoms. The Balaban J connectivity index is 3.14. The second-order valence-electron chi connectivity index (χ2n) is 0.327. The van der Waals surface area contributed by atoms with E-state index in [4.69, 9.17) is 10.4 Å². The molecule has 0 aliphatic rings. The third-order valence-corrected chi connectivity index (χ3v) is 0.219. The zero-order chi connectivity index (χ0) is 4.28. The van der Waals surface area contributed by atoms with Crippen molar-refractivity contribution in [2.24, 2.45) is 4.52 Å². The zero-order valence-electron chi connectivity index (χ0n) is 2.16.